The highest BCUT2D eigenvalue weighted by Gasteiger charge is 2.52. The van der Waals surface area contributed by atoms with Crippen LogP contribution in [0.1, 0.15) is 39.5 Å². The Bertz CT molecular complexity index is 314. The molecule has 1 saturated carbocycles. The maximum atomic E-state index is 10.4. The minimum absolute atomic E-state index is 0.535. The Labute approximate surface area is 98.2 Å². The van der Waals surface area contributed by atoms with Gasteiger partial charge in [-0.1, -0.05) is 19.0 Å². The molecule has 0 radical (unpaired) electrons. The normalized spacial score (nSPS) is 42.5. The molecule has 2 aliphatic rings. The molecule has 0 aromatic rings. The second kappa shape index (κ2) is 4.99. The van der Waals surface area contributed by atoms with E-state index in [4.69, 9.17) is 0 Å². The molecule has 0 heterocycles. The second-order valence-corrected chi connectivity index (χ2v) is 5.63. The molecule has 5 atom stereocenters. The van der Waals surface area contributed by atoms with Gasteiger partial charge in [-0.2, -0.15) is 4.91 Å². The first-order valence-electron chi connectivity index (χ1n) is 6.49. The van der Waals surface area contributed by atoms with Gasteiger partial charge in [0.25, 0.3) is 0 Å². The average Bonchev–Trinajstić information content (AvgIpc) is 2.91. The van der Waals surface area contributed by atoms with Crippen molar-refractivity contribution in [1.82, 2.24) is 0 Å². The molecule has 88 valence electrons. The topological polar surface area (TPSA) is 29.4 Å². The third-order valence-electron chi connectivity index (χ3n) is 4.31. The van der Waals surface area contributed by atoms with Crippen LogP contribution < -0.4 is 0 Å². The lowest BCUT2D eigenvalue weighted by Gasteiger charge is -2.12. The van der Waals surface area contributed by atoms with E-state index in [0.29, 0.717) is 18.4 Å². The van der Waals surface area contributed by atoms with Gasteiger partial charge >= 0.3 is 0 Å². The first-order chi connectivity index (χ1) is 7.74. The summed E-state index contributed by atoms with van der Waals surface area (Å²) in [6.45, 7) is 5.13. The standard InChI is InChI=1S/C14H21NO/c1-10-6-4-3-5-7-11(2)14-12(8-10)13(14)9-15-16/h10-14H,5-9H2,1-2H3. The van der Waals surface area contributed by atoms with Crippen LogP contribution in [0.2, 0.25) is 0 Å². The number of hydrogen-bond acceptors (Lipinski definition) is 2. The molecule has 0 amide bonds. The van der Waals surface area contributed by atoms with Crippen molar-refractivity contribution in [2.45, 2.75) is 39.5 Å². The maximum Gasteiger partial charge on any atom is 0.0844 e. The quantitative estimate of drug-likeness (QED) is 0.516. The van der Waals surface area contributed by atoms with E-state index in [9.17, 15) is 4.91 Å². The third kappa shape index (κ3) is 2.45. The maximum absolute atomic E-state index is 10.4. The molecule has 2 rings (SSSR count). The lowest BCUT2D eigenvalue weighted by molar-refractivity contribution is 0.404. The summed E-state index contributed by atoms with van der Waals surface area (Å²) in [7, 11) is 0. The molecule has 0 bridgehead atoms. The minimum Gasteiger partial charge on any atom is -0.151 e. The molecule has 5 unspecified atom stereocenters. The van der Waals surface area contributed by atoms with Gasteiger partial charge in [0.1, 0.15) is 0 Å². The Morgan fingerprint density at radius 2 is 2.12 bits per heavy atom. The summed E-state index contributed by atoms with van der Waals surface area (Å²) < 4.78 is 0. The highest BCUT2D eigenvalue weighted by atomic mass is 16.3. The fourth-order valence-corrected chi connectivity index (χ4v) is 3.37. The fourth-order valence-electron chi connectivity index (χ4n) is 3.37. The number of nitroso groups, excluding NO2 is 1. The molecule has 1 fully saturated rings. The van der Waals surface area contributed by atoms with E-state index in [0.717, 1.165) is 30.6 Å². The molecule has 2 nitrogen and oxygen atoms in total. The van der Waals surface area contributed by atoms with Crippen molar-refractivity contribution in [3.8, 4) is 11.8 Å². The van der Waals surface area contributed by atoms with E-state index >= 15 is 0 Å². The molecule has 2 heteroatoms. The van der Waals surface area contributed by atoms with E-state index in [2.05, 4.69) is 30.9 Å². The van der Waals surface area contributed by atoms with Crippen LogP contribution in [0.15, 0.2) is 5.18 Å². The molecule has 0 aromatic heterocycles. The van der Waals surface area contributed by atoms with Gasteiger partial charge in [-0.05, 0) is 42.4 Å². The van der Waals surface area contributed by atoms with E-state index in [1.54, 1.807) is 0 Å². The van der Waals surface area contributed by atoms with Crippen LogP contribution in [0.25, 0.3) is 0 Å². The van der Waals surface area contributed by atoms with Crippen molar-refractivity contribution in [3.05, 3.63) is 4.91 Å². The Kier molecular flexibility index (Phi) is 3.63. The van der Waals surface area contributed by atoms with Crippen LogP contribution in [0.5, 0.6) is 0 Å². The summed E-state index contributed by atoms with van der Waals surface area (Å²) >= 11 is 0. The van der Waals surface area contributed by atoms with Gasteiger partial charge in [-0.25, -0.2) is 0 Å². The molecule has 0 spiro atoms. The number of hydrogen-bond donors (Lipinski definition) is 0. The number of nitrogens with zero attached hydrogens (tertiary/aromatic N) is 1. The molecule has 0 saturated heterocycles. The van der Waals surface area contributed by atoms with Crippen molar-refractivity contribution < 1.29 is 0 Å². The van der Waals surface area contributed by atoms with Gasteiger partial charge in [0.15, 0.2) is 0 Å². The highest BCUT2D eigenvalue weighted by Crippen LogP contribution is 2.55. The molecule has 0 aromatic carbocycles. The summed E-state index contributed by atoms with van der Waals surface area (Å²) in [6.07, 6.45) is 4.49. The second-order valence-electron chi connectivity index (χ2n) is 5.63. The summed E-state index contributed by atoms with van der Waals surface area (Å²) in [4.78, 5) is 10.4. The zero-order valence-electron chi connectivity index (χ0n) is 10.3. The summed E-state index contributed by atoms with van der Waals surface area (Å²) in [5, 5.41) is 3.11. The van der Waals surface area contributed by atoms with Crippen LogP contribution >= 0.6 is 0 Å². The van der Waals surface area contributed by atoms with Crippen molar-refractivity contribution in [3.63, 3.8) is 0 Å². The Morgan fingerprint density at radius 3 is 2.88 bits per heavy atom. The average molecular weight is 219 g/mol. The van der Waals surface area contributed by atoms with Crippen LogP contribution in [0, 0.1) is 46.3 Å². The highest BCUT2D eigenvalue weighted by molar-refractivity contribution is 5.06. The fraction of sp³-hybridized carbons (Fsp3) is 0.857. The molecular formula is C14H21NO. The Hall–Kier alpha value is -0.840. The summed E-state index contributed by atoms with van der Waals surface area (Å²) in [6, 6.07) is 0. The van der Waals surface area contributed by atoms with Gasteiger partial charge in [-0.3, -0.25) is 0 Å². The van der Waals surface area contributed by atoms with Crippen molar-refractivity contribution in [1.29, 1.82) is 0 Å². The Balaban J connectivity index is 2.01. The largest absolute Gasteiger partial charge is 0.151 e. The van der Waals surface area contributed by atoms with E-state index < -0.39 is 0 Å². The molecule has 16 heavy (non-hydrogen) atoms. The van der Waals surface area contributed by atoms with Crippen LogP contribution in [-0.4, -0.2) is 6.54 Å². The zero-order chi connectivity index (χ0) is 11.5. The van der Waals surface area contributed by atoms with Crippen molar-refractivity contribution in [2.75, 3.05) is 6.54 Å². The minimum atomic E-state index is 0.535. The first-order valence-corrected chi connectivity index (χ1v) is 6.49. The number of fused-ring (bicyclic) bond motifs is 1. The number of rotatable bonds is 2. The van der Waals surface area contributed by atoms with E-state index in [1.165, 1.54) is 12.8 Å². The molecule has 0 aliphatic heterocycles. The van der Waals surface area contributed by atoms with E-state index in [1.807, 2.05) is 0 Å². The zero-order valence-corrected chi connectivity index (χ0v) is 10.3. The predicted octanol–water partition coefficient (Wildman–Crippen LogP) is 3.46. The van der Waals surface area contributed by atoms with Gasteiger partial charge < -0.3 is 0 Å². The van der Waals surface area contributed by atoms with E-state index in [-0.39, 0.29) is 0 Å². The van der Waals surface area contributed by atoms with Crippen LogP contribution in [0.4, 0.5) is 0 Å². The lowest BCUT2D eigenvalue weighted by Crippen LogP contribution is -2.03. The van der Waals surface area contributed by atoms with Gasteiger partial charge in [0.2, 0.25) is 0 Å². The van der Waals surface area contributed by atoms with Crippen LogP contribution in [0.3, 0.4) is 0 Å². The predicted molar refractivity (Wildman–Crippen MR) is 65.7 cm³/mol. The monoisotopic (exact) mass is 219 g/mol. The molecular weight excluding hydrogens is 198 g/mol. The van der Waals surface area contributed by atoms with Gasteiger partial charge in [-0.15, -0.1) is 11.8 Å². The smallest absolute Gasteiger partial charge is 0.0844 e. The first kappa shape index (κ1) is 11.6. The third-order valence-corrected chi connectivity index (χ3v) is 4.31. The summed E-state index contributed by atoms with van der Waals surface area (Å²) in [5.74, 6) is 10.0. The summed E-state index contributed by atoms with van der Waals surface area (Å²) in [5.41, 5.74) is 0. The van der Waals surface area contributed by atoms with Gasteiger partial charge in [0, 0.05) is 12.8 Å². The van der Waals surface area contributed by atoms with Crippen LogP contribution in [-0.2, 0) is 0 Å². The van der Waals surface area contributed by atoms with Gasteiger partial charge in [0.05, 0.1) is 6.54 Å². The van der Waals surface area contributed by atoms with Crippen molar-refractivity contribution >= 4 is 0 Å². The SMILES string of the molecule is CC1CC#CCCC(C)C2C(CN=O)C2C1. The molecule has 2 aliphatic carbocycles. The Morgan fingerprint density at radius 1 is 1.31 bits per heavy atom. The van der Waals surface area contributed by atoms with Crippen molar-refractivity contribution in [2.24, 2.45) is 34.8 Å². The molecule has 0 N–H and O–H groups in total. The lowest BCUT2D eigenvalue weighted by atomic mass is 9.93.